The van der Waals surface area contributed by atoms with E-state index in [1.807, 2.05) is 31.2 Å². The third-order valence-corrected chi connectivity index (χ3v) is 8.59. The van der Waals surface area contributed by atoms with Gasteiger partial charge in [0.05, 0.1) is 11.4 Å². The summed E-state index contributed by atoms with van der Waals surface area (Å²) in [6, 6.07) is 7.68. The molecule has 1 amide bonds. The molecule has 2 saturated heterocycles. The number of thiocarbonyl (C=S) groups is 1. The summed E-state index contributed by atoms with van der Waals surface area (Å²) in [6.45, 7) is 11.0. The van der Waals surface area contributed by atoms with Gasteiger partial charge in [0.15, 0.2) is 11.5 Å². The fourth-order valence-corrected chi connectivity index (χ4v) is 6.28. The highest BCUT2D eigenvalue weighted by molar-refractivity contribution is 8.26. The van der Waals surface area contributed by atoms with E-state index in [9.17, 15) is 14.9 Å². The van der Waals surface area contributed by atoms with Crippen LogP contribution in [0.3, 0.4) is 0 Å². The Morgan fingerprint density at radius 3 is 2.53 bits per heavy atom. The molecule has 1 aromatic heterocycles. The normalized spacial score (nSPS) is 18.5. The smallest absolute Gasteiger partial charge is 0.270 e. The lowest BCUT2D eigenvalue weighted by molar-refractivity contribution is -0.122. The average Bonchev–Trinajstić information content (AvgIpc) is 3.50. The van der Waals surface area contributed by atoms with E-state index < -0.39 is 0 Å². The van der Waals surface area contributed by atoms with E-state index in [-0.39, 0.29) is 23.8 Å². The molecule has 198 valence electrons. The van der Waals surface area contributed by atoms with Gasteiger partial charge in [0, 0.05) is 38.3 Å². The van der Waals surface area contributed by atoms with E-state index in [1.165, 1.54) is 11.8 Å². The predicted molar refractivity (Wildman–Crippen MR) is 151 cm³/mol. The average molecular weight is 552 g/mol. The summed E-state index contributed by atoms with van der Waals surface area (Å²) in [5.74, 6) is 1.89. The van der Waals surface area contributed by atoms with Gasteiger partial charge in [0.2, 0.25) is 6.79 Å². The van der Waals surface area contributed by atoms with Crippen LogP contribution in [-0.4, -0.2) is 64.1 Å². The van der Waals surface area contributed by atoms with E-state index in [2.05, 4.69) is 22.8 Å². The van der Waals surface area contributed by atoms with Crippen LogP contribution in [-0.2, 0) is 17.9 Å². The quantitative estimate of drug-likeness (QED) is 0.396. The molecule has 1 aromatic carbocycles. The summed E-state index contributed by atoms with van der Waals surface area (Å²) in [4.78, 5) is 33.4. The fourth-order valence-electron chi connectivity index (χ4n) is 5.04. The van der Waals surface area contributed by atoms with Crippen molar-refractivity contribution in [1.29, 1.82) is 5.26 Å². The van der Waals surface area contributed by atoms with Gasteiger partial charge in [0.1, 0.15) is 21.8 Å². The molecule has 0 aliphatic carbocycles. The van der Waals surface area contributed by atoms with Crippen molar-refractivity contribution in [2.45, 2.75) is 33.9 Å². The van der Waals surface area contributed by atoms with E-state index >= 15 is 0 Å². The highest BCUT2D eigenvalue weighted by Crippen LogP contribution is 2.38. The number of aromatic nitrogens is 1. The zero-order chi connectivity index (χ0) is 27.0. The first kappa shape index (κ1) is 26.3. The molecule has 2 aromatic rings. The van der Waals surface area contributed by atoms with Gasteiger partial charge in [-0.15, -0.1) is 0 Å². The maximum absolute atomic E-state index is 13.6. The SMILES string of the molecule is CCN1CCN(c2c(C=C3SC(=S)N(Cc4ccc5c(c4)OCO5)C3=O)c(C)c(C#N)c(=O)n2CC)CC1. The predicted octanol–water partition coefficient (Wildman–Crippen LogP) is 3.32. The molecular weight excluding hydrogens is 522 g/mol. The number of ether oxygens (including phenoxy) is 2. The van der Waals surface area contributed by atoms with Gasteiger partial charge in [-0.05, 0) is 49.7 Å². The Labute approximate surface area is 231 Å². The molecule has 9 nitrogen and oxygen atoms in total. The Bertz CT molecular complexity index is 1440. The summed E-state index contributed by atoms with van der Waals surface area (Å²) >= 11 is 6.83. The minimum absolute atomic E-state index is 0.102. The number of amides is 1. The molecule has 3 aliphatic heterocycles. The summed E-state index contributed by atoms with van der Waals surface area (Å²) in [6.07, 6.45) is 1.81. The molecule has 2 fully saturated rings. The highest BCUT2D eigenvalue weighted by Gasteiger charge is 2.34. The Balaban J connectivity index is 1.52. The van der Waals surface area contributed by atoms with Crippen LogP contribution in [0.1, 0.15) is 36.1 Å². The van der Waals surface area contributed by atoms with Gasteiger partial charge in [-0.3, -0.25) is 19.1 Å². The Kier molecular flexibility index (Phi) is 7.47. The van der Waals surface area contributed by atoms with Gasteiger partial charge in [0.25, 0.3) is 11.5 Å². The monoisotopic (exact) mass is 551 g/mol. The Hall–Kier alpha value is -3.33. The van der Waals surface area contributed by atoms with Crippen LogP contribution < -0.4 is 19.9 Å². The summed E-state index contributed by atoms with van der Waals surface area (Å²) in [5, 5.41) is 9.81. The standard InChI is InChI=1S/C27H29N5O4S2/c1-4-29-8-10-30(11-9-29)24-19(17(3)20(14-28)25(33)31(24)5-2)13-23-26(34)32(27(37)38-23)15-18-6-7-21-22(12-18)36-16-35-21/h6-7,12-13H,4-5,8-11,15-16H2,1-3H3. The number of nitrogens with zero attached hydrogens (tertiary/aromatic N) is 5. The molecule has 0 N–H and O–H groups in total. The molecule has 0 bridgehead atoms. The molecule has 11 heteroatoms. The second kappa shape index (κ2) is 10.8. The number of fused-ring (bicyclic) bond motifs is 1. The molecule has 4 heterocycles. The highest BCUT2D eigenvalue weighted by atomic mass is 32.2. The molecule has 3 aliphatic rings. The molecule has 38 heavy (non-hydrogen) atoms. The molecule has 5 rings (SSSR count). The molecular formula is C27H29N5O4S2. The second-order valence-electron chi connectivity index (χ2n) is 9.28. The van der Waals surface area contributed by atoms with Crippen molar-refractivity contribution >= 4 is 46.1 Å². The van der Waals surface area contributed by atoms with Crippen molar-refractivity contribution in [3.63, 3.8) is 0 Å². The van der Waals surface area contributed by atoms with Crippen LogP contribution in [0.2, 0.25) is 0 Å². The van der Waals surface area contributed by atoms with Crippen molar-refractivity contribution in [2.75, 3.05) is 44.4 Å². The third kappa shape index (κ3) is 4.68. The molecule has 0 radical (unpaired) electrons. The number of hydrogen-bond acceptors (Lipinski definition) is 9. The minimum atomic E-state index is -0.298. The largest absolute Gasteiger partial charge is 0.454 e. The van der Waals surface area contributed by atoms with Crippen molar-refractivity contribution < 1.29 is 14.3 Å². The zero-order valence-electron chi connectivity index (χ0n) is 21.7. The van der Waals surface area contributed by atoms with E-state index in [0.29, 0.717) is 39.4 Å². The number of anilines is 1. The van der Waals surface area contributed by atoms with Crippen molar-refractivity contribution in [3.05, 3.63) is 55.7 Å². The van der Waals surface area contributed by atoms with E-state index in [4.69, 9.17) is 21.7 Å². The van der Waals surface area contributed by atoms with E-state index in [1.54, 1.807) is 16.4 Å². The lowest BCUT2D eigenvalue weighted by Crippen LogP contribution is -2.48. The van der Waals surface area contributed by atoms with Crippen LogP contribution in [0.15, 0.2) is 27.9 Å². The fraction of sp³-hybridized carbons (Fsp3) is 0.407. The van der Waals surface area contributed by atoms with Gasteiger partial charge in [-0.2, -0.15) is 5.26 Å². The molecule has 0 spiro atoms. The van der Waals surface area contributed by atoms with Crippen LogP contribution >= 0.6 is 24.0 Å². The second-order valence-corrected chi connectivity index (χ2v) is 11.0. The Morgan fingerprint density at radius 2 is 1.84 bits per heavy atom. The molecule has 0 atom stereocenters. The van der Waals surface area contributed by atoms with Crippen LogP contribution in [0.5, 0.6) is 11.5 Å². The first-order chi connectivity index (χ1) is 18.4. The number of hydrogen-bond donors (Lipinski definition) is 0. The first-order valence-corrected chi connectivity index (χ1v) is 13.9. The summed E-state index contributed by atoms with van der Waals surface area (Å²) < 4.78 is 13.0. The lowest BCUT2D eigenvalue weighted by atomic mass is 10.0. The number of pyridine rings is 1. The van der Waals surface area contributed by atoms with Gasteiger partial charge >= 0.3 is 0 Å². The summed E-state index contributed by atoms with van der Waals surface area (Å²) in [7, 11) is 0. The number of piperazine rings is 1. The maximum atomic E-state index is 13.6. The van der Waals surface area contributed by atoms with Gasteiger partial charge in [-0.1, -0.05) is 37.0 Å². The Morgan fingerprint density at radius 1 is 1.11 bits per heavy atom. The van der Waals surface area contributed by atoms with Crippen molar-refractivity contribution in [3.8, 4) is 17.6 Å². The van der Waals surface area contributed by atoms with Crippen molar-refractivity contribution in [2.24, 2.45) is 0 Å². The van der Waals surface area contributed by atoms with Gasteiger partial charge in [-0.25, -0.2) is 0 Å². The number of carbonyl (C=O) groups excluding carboxylic acids is 1. The maximum Gasteiger partial charge on any atom is 0.270 e. The lowest BCUT2D eigenvalue weighted by Gasteiger charge is -2.37. The summed E-state index contributed by atoms with van der Waals surface area (Å²) in [5.41, 5.74) is 1.98. The molecule has 0 saturated carbocycles. The number of thioether (sulfide) groups is 1. The van der Waals surface area contributed by atoms with E-state index in [0.717, 1.165) is 49.7 Å². The number of likely N-dealkylation sites (N-methyl/N-ethyl adjacent to an activating group) is 1. The van der Waals surface area contributed by atoms with Crippen LogP contribution in [0.25, 0.3) is 6.08 Å². The number of carbonyl (C=O) groups is 1. The minimum Gasteiger partial charge on any atom is -0.454 e. The number of rotatable bonds is 6. The van der Waals surface area contributed by atoms with Gasteiger partial charge < -0.3 is 19.3 Å². The first-order valence-electron chi connectivity index (χ1n) is 12.6. The topological polar surface area (TPSA) is 91.0 Å². The number of benzene rings is 1. The molecule has 0 unspecified atom stereocenters. The van der Waals surface area contributed by atoms with Crippen LogP contribution in [0.4, 0.5) is 5.82 Å². The van der Waals surface area contributed by atoms with Crippen LogP contribution in [0, 0.1) is 18.3 Å². The third-order valence-electron chi connectivity index (χ3n) is 7.21. The zero-order valence-corrected chi connectivity index (χ0v) is 23.3. The van der Waals surface area contributed by atoms with Crippen molar-refractivity contribution in [1.82, 2.24) is 14.4 Å². The number of nitriles is 1.